The second-order valence-electron chi connectivity index (χ2n) is 5.17. The first-order valence-electron chi connectivity index (χ1n) is 7.45. The Morgan fingerprint density at radius 3 is 2.78 bits per heavy atom. The molecule has 0 saturated carbocycles. The van der Waals surface area contributed by atoms with Crippen molar-refractivity contribution in [1.82, 2.24) is 9.78 Å². The summed E-state index contributed by atoms with van der Waals surface area (Å²) in [5.41, 5.74) is 0.876. The molecule has 0 aliphatic heterocycles. The number of carbonyl (C=O) groups excluding carboxylic acids is 1. The van der Waals surface area contributed by atoms with Gasteiger partial charge >= 0.3 is 0 Å². The van der Waals surface area contributed by atoms with Crippen LogP contribution in [0.3, 0.4) is 0 Å². The number of hydrogen-bond acceptors (Lipinski definition) is 7. The first kappa shape index (κ1) is 19.1. The van der Waals surface area contributed by atoms with Crippen molar-refractivity contribution in [2.45, 2.75) is 4.34 Å². The number of thioether (sulfide) groups is 1. The fourth-order valence-corrected chi connectivity index (χ4v) is 4.25. The van der Waals surface area contributed by atoms with Gasteiger partial charge in [-0.15, -0.1) is 5.10 Å². The summed E-state index contributed by atoms with van der Waals surface area (Å²) in [6, 6.07) is 11.5. The number of nitro benzene ring substituents is 1. The van der Waals surface area contributed by atoms with Crippen LogP contribution < -0.4 is 5.32 Å². The molecule has 138 valence electrons. The van der Waals surface area contributed by atoms with Crippen LogP contribution >= 0.6 is 35.3 Å². The van der Waals surface area contributed by atoms with E-state index in [1.165, 1.54) is 58.1 Å². The highest BCUT2D eigenvalue weighted by atomic mass is 32.2. The Bertz CT molecular complexity index is 1050. The van der Waals surface area contributed by atoms with E-state index in [4.69, 9.17) is 12.2 Å². The zero-order valence-corrected chi connectivity index (χ0v) is 15.9. The van der Waals surface area contributed by atoms with Gasteiger partial charge in [0.25, 0.3) is 5.69 Å². The van der Waals surface area contributed by atoms with E-state index in [1.54, 1.807) is 18.2 Å². The zero-order valence-electron chi connectivity index (χ0n) is 13.5. The molecule has 3 rings (SSSR count). The summed E-state index contributed by atoms with van der Waals surface area (Å²) < 4.78 is 15.6. The number of anilines is 1. The molecule has 0 saturated heterocycles. The van der Waals surface area contributed by atoms with Crippen LogP contribution in [0.1, 0.15) is 0 Å². The zero-order chi connectivity index (χ0) is 19.4. The normalized spacial score (nSPS) is 10.6. The number of benzene rings is 2. The molecule has 0 unspecified atom stereocenters. The van der Waals surface area contributed by atoms with Gasteiger partial charge in [-0.3, -0.25) is 14.9 Å². The van der Waals surface area contributed by atoms with Gasteiger partial charge in [0.15, 0.2) is 8.29 Å². The number of non-ortho nitro benzene ring substituents is 1. The van der Waals surface area contributed by atoms with Gasteiger partial charge in [0.2, 0.25) is 5.91 Å². The topological polar surface area (TPSA) is 90.1 Å². The summed E-state index contributed by atoms with van der Waals surface area (Å²) in [7, 11) is 0. The molecule has 1 N–H and O–H groups in total. The van der Waals surface area contributed by atoms with Crippen LogP contribution in [0.25, 0.3) is 5.69 Å². The van der Waals surface area contributed by atoms with Gasteiger partial charge in [-0.2, -0.15) is 0 Å². The lowest BCUT2D eigenvalue weighted by molar-refractivity contribution is -0.384. The Hall–Kier alpha value is -2.63. The van der Waals surface area contributed by atoms with Gasteiger partial charge in [0, 0.05) is 17.8 Å². The van der Waals surface area contributed by atoms with Gasteiger partial charge in [-0.25, -0.2) is 9.07 Å². The molecule has 0 aliphatic rings. The van der Waals surface area contributed by atoms with Crippen molar-refractivity contribution in [1.29, 1.82) is 0 Å². The summed E-state index contributed by atoms with van der Waals surface area (Å²) in [6.07, 6.45) is 0. The Morgan fingerprint density at radius 1 is 1.33 bits per heavy atom. The van der Waals surface area contributed by atoms with Crippen LogP contribution in [0.2, 0.25) is 0 Å². The van der Waals surface area contributed by atoms with Gasteiger partial charge < -0.3 is 5.32 Å². The van der Waals surface area contributed by atoms with E-state index in [1.807, 2.05) is 0 Å². The summed E-state index contributed by atoms with van der Waals surface area (Å²) >= 11 is 7.68. The summed E-state index contributed by atoms with van der Waals surface area (Å²) in [4.78, 5) is 22.3. The minimum Gasteiger partial charge on any atom is -0.325 e. The third kappa shape index (κ3) is 4.96. The predicted molar refractivity (Wildman–Crippen MR) is 105 cm³/mol. The molecule has 2 aromatic carbocycles. The predicted octanol–water partition coefficient (Wildman–Crippen LogP) is 4.44. The smallest absolute Gasteiger partial charge is 0.271 e. The van der Waals surface area contributed by atoms with Crippen LogP contribution in [0.5, 0.6) is 0 Å². The molecule has 27 heavy (non-hydrogen) atoms. The third-order valence-electron chi connectivity index (χ3n) is 3.27. The maximum absolute atomic E-state index is 13.0. The number of carbonyl (C=O) groups is 1. The van der Waals surface area contributed by atoms with Crippen molar-refractivity contribution in [3.05, 3.63) is 68.4 Å². The van der Waals surface area contributed by atoms with Gasteiger partial charge in [-0.05, 0) is 42.5 Å². The maximum atomic E-state index is 13.0. The van der Waals surface area contributed by atoms with Crippen LogP contribution in [-0.4, -0.2) is 26.4 Å². The van der Waals surface area contributed by atoms with E-state index in [9.17, 15) is 19.3 Å². The molecule has 0 fully saturated rings. The van der Waals surface area contributed by atoms with Crippen molar-refractivity contribution >= 4 is 52.6 Å². The standard InChI is InChI=1S/C16H11FN4O3S3/c17-10-4-6-12(7-5-10)20-16(25)27-15(19-20)26-9-14(22)18-11-2-1-3-13(8-11)21(23)24/h1-8H,9H2,(H,18,22). The fraction of sp³-hybridized carbons (Fsp3) is 0.0625. The van der Waals surface area contributed by atoms with E-state index >= 15 is 0 Å². The van der Waals surface area contributed by atoms with Gasteiger partial charge in [0.05, 0.1) is 16.4 Å². The first-order chi connectivity index (χ1) is 12.9. The Balaban J connectivity index is 1.63. The Labute approximate surface area is 166 Å². The second-order valence-corrected chi connectivity index (χ2v) is 8.01. The maximum Gasteiger partial charge on any atom is 0.271 e. The highest BCUT2D eigenvalue weighted by molar-refractivity contribution is 8.01. The highest BCUT2D eigenvalue weighted by Gasteiger charge is 2.11. The van der Waals surface area contributed by atoms with Crippen molar-refractivity contribution in [2.24, 2.45) is 0 Å². The highest BCUT2D eigenvalue weighted by Crippen LogP contribution is 2.24. The van der Waals surface area contributed by atoms with Gasteiger partial charge in [-0.1, -0.05) is 29.2 Å². The number of hydrogen-bond donors (Lipinski definition) is 1. The summed E-state index contributed by atoms with van der Waals surface area (Å²) in [5.74, 6) is -0.614. The molecule has 3 aromatic rings. The average Bonchev–Trinajstić information content (AvgIpc) is 3.01. The van der Waals surface area contributed by atoms with Crippen molar-refractivity contribution in [3.63, 3.8) is 0 Å². The minimum atomic E-state index is -0.528. The lowest BCUT2D eigenvalue weighted by atomic mass is 10.3. The monoisotopic (exact) mass is 422 g/mol. The van der Waals surface area contributed by atoms with Crippen molar-refractivity contribution in [2.75, 3.05) is 11.1 Å². The number of nitro groups is 1. The van der Waals surface area contributed by atoms with Crippen LogP contribution in [-0.2, 0) is 4.79 Å². The second kappa shape index (κ2) is 8.37. The van der Waals surface area contributed by atoms with Crippen molar-refractivity contribution in [3.8, 4) is 5.69 Å². The average molecular weight is 422 g/mol. The van der Waals surface area contributed by atoms with E-state index in [0.717, 1.165) is 0 Å². The summed E-state index contributed by atoms with van der Waals surface area (Å²) in [5, 5.41) is 17.7. The first-order valence-corrected chi connectivity index (χ1v) is 9.66. The molecule has 0 spiro atoms. The molecule has 1 amide bonds. The van der Waals surface area contributed by atoms with E-state index in [-0.39, 0.29) is 23.2 Å². The van der Waals surface area contributed by atoms with Crippen molar-refractivity contribution < 1.29 is 14.1 Å². The molecular formula is C16H11FN4O3S3. The molecule has 1 heterocycles. The molecule has 1 aromatic heterocycles. The lowest BCUT2D eigenvalue weighted by Gasteiger charge is -2.04. The molecule has 0 bridgehead atoms. The van der Waals surface area contributed by atoms with Crippen LogP contribution in [0.15, 0.2) is 52.9 Å². The Morgan fingerprint density at radius 2 is 2.07 bits per heavy atom. The molecule has 11 heteroatoms. The Kier molecular flexibility index (Phi) is 5.94. The van der Waals surface area contributed by atoms with E-state index in [0.29, 0.717) is 19.7 Å². The van der Waals surface area contributed by atoms with E-state index < -0.39 is 4.92 Å². The number of nitrogens with one attached hydrogen (secondary N) is 1. The minimum absolute atomic E-state index is 0.0639. The summed E-state index contributed by atoms with van der Waals surface area (Å²) in [6.45, 7) is 0. The SMILES string of the molecule is O=C(CSc1nn(-c2ccc(F)cc2)c(=S)s1)Nc1cccc([N+](=O)[O-])c1. The number of aromatic nitrogens is 2. The van der Waals surface area contributed by atoms with Crippen LogP contribution in [0, 0.1) is 19.9 Å². The number of amides is 1. The molecule has 0 atom stereocenters. The fourth-order valence-electron chi connectivity index (χ4n) is 2.09. The quantitative estimate of drug-likeness (QED) is 0.273. The van der Waals surface area contributed by atoms with Crippen LogP contribution in [0.4, 0.5) is 15.8 Å². The van der Waals surface area contributed by atoms with E-state index in [2.05, 4.69) is 10.4 Å². The lowest BCUT2D eigenvalue weighted by Crippen LogP contribution is -2.14. The molecule has 0 aliphatic carbocycles. The van der Waals surface area contributed by atoms with Gasteiger partial charge in [0.1, 0.15) is 5.82 Å². The number of halogens is 1. The number of nitrogens with zero attached hydrogens (tertiary/aromatic N) is 3. The molecular weight excluding hydrogens is 411 g/mol. The third-order valence-corrected chi connectivity index (χ3v) is 5.63. The molecule has 0 radical (unpaired) electrons. The number of rotatable bonds is 6. The largest absolute Gasteiger partial charge is 0.325 e. The molecule has 7 nitrogen and oxygen atoms in total.